The minimum Gasteiger partial charge on any atom is -0.486 e. The molecule has 1 aromatic carbocycles. The zero-order valence-corrected chi connectivity index (χ0v) is 11.1. The zero-order chi connectivity index (χ0) is 13.1. The molecule has 0 aliphatic heterocycles. The van der Waals surface area contributed by atoms with E-state index in [2.05, 4.69) is 0 Å². The molecule has 0 amide bonds. The van der Waals surface area contributed by atoms with Gasteiger partial charge >= 0.3 is 0 Å². The van der Waals surface area contributed by atoms with Crippen molar-refractivity contribution in [2.75, 3.05) is 0 Å². The molecule has 0 spiro atoms. The van der Waals surface area contributed by atoms with E-state index in [0.717, 1.165) is 25.7 Å². The molecule has 1 saturated carbocycles. The number of halogens is 1. The molecular formula is C14H17ClO3. The van der Waals surface area contributed by atoms with Crippen molar-refractivity contribution in [3.05, 3.63) is 28.8 Å². The van der Waals surface area contributed by atoms with Crippen LogP contribution in [0.25, 0.3) is 0 Å². The van der Waals surface area contributed by atoms with E-state index in [4.69, 9.17) is 16.3 Å². The summed E-state index contributed by atoms with van der Waals surface area (Å²) in [6, 6.07) is 4.99. The summed E-state index contributed by atoms with van der Waals surface area (Å²) < 4.78 is 5.74. The van der Waals surface area contributed by atoms with E-state index < -0.39 is 6.10 Å². The standard InChI is InChI=1S/C14H17ClO3/c1-9(16)10-6-7-13(11(15)8-10)18-14-5-3-2-4-12(14)17/h6-8,12,14,17H,2-5H2,1H3/t12-,14+/m0/s1. The predicted octanol–water partition coefficient (Wildman–Crippen LogP) is 3.22. The molecule has 0 radical (unpaired) electrons. The maximum absolute atomic E-state index is 11.2. The van der Waals surface area contributed by atoms with E-state index in [0.29, 0.717) is 16.3 Å². The fourth-order valence-electron chi connectivity index (χ4n) is 2.19. The number of hydrogen-bond acceptors (Lipinski definition) is 3. The third-order valence-electron chi connectivity index (χ3n) is 3.28. The van der Waals surface area contributed by atoms with Gasteiger partial charge in [0.05, 0.1) is 11.1 Å². The lowest BCUT2D eigenvalue weighted by atomic mass is 9.95. The first-order chi connectivity index (χ1) is 8.58. The van der Waals surface area contributed by atoms with Crippen molar-refractivity contribution in [1.82, 2.24) is 0 Å². The molecule has 0 heterocycles. The molecule has 1 N–H and O–H groups in total. The summed E-state index contributed by atoms with van der Waals surface area (Å²) in [4.78, 5) is 11.2. The third kappa shape index (κ3) is 3.03. The van der Waals surface area contributed by atoms with Gasteiger partial charge in [0.2, 0.25) is 0 Å². The van der Waals surface area contributed by atoms with Crippen molar-refractivity contribution >= 4 is 17.4 Å². The molecule has 0 saturated heterocycles. The largest absolute Gasteiger partial charge is 0.486 e. The average Bonchev–Trinajstić information content (AvgIpc) is 2.34. The first kappa shape index (κ1) is 13.4. The Labute approximate surface area is 112 Å². The van der Waals surface area contributed by atoms with Crippen molar-refractivity contribution in [3.8, 4) is 5.75 Å². The topological polar surface area (TPSA) is 46.5 Å². The monoisotopic (exact) mass is 268 g/mol. The second-order valence-electron chi connectivity index (χ2n) is 4.71. The molecule has 1 aliphatic rings. The molecule has 98 valence electrons. The summed E-state index contributed by atoms with van der Waals surface area (Å²) >= 11 is 6.08. The fraction of sp³-hybridized carbons (Fsp3) is 0.500. The van der Waals surface area contributed by atoms with Gasteiger partial charge < -0.3 is 9.84 Å². The number of Topliss-reactive ketones (excluding diaryl/α,β-unsaturated/α-hetero) is 1. The van der Waals surface area contributed by atoms with Gasteiger partial charge in [-0.1, -0.05) is 18.0 Å². The molecule has 0 aromatic heterocycles. The van der Waals surface area contributed by atoms with Crippen LogP contribution in [0.2, 0.25) is 5.02 Å². The molecular weight excluding hydrogens is 252 g/mol. The van der Waals surface area contributed by atoms with Crippen molar-refractivity contribution in [2.45, 2.75) is 44.8 Å². The van der Waals surface area contributed by atoms with Gasteiger partial charge in [0, 0.05) is 5.56 Å². The Morgan fingerprint density at radius 3 is 2.72 bits per heavy atom. The molecule has 1 aliphatic carbocycles. The van der Waals surface area contributed by atoms with Gasteiger partial charge in [0.1, 0.15) is 11.9 Å². The van der Waals surface area contributed by atoms with Crippen LogP contribution in [0.4, 0.5) is 0 Å². The lowest BCUT2D eigenvalue weighted by Gasteiger charge is -2.28. The van der Waals surface area contributed by atoms with Crippen LogP contribution in [0.1, 0.15) is 43.0 Å². The number of hydrogen-bond donors (Lipinski definition) is 1. The van der Waals surface area contributed by atoms with Crippen LogP contribution in [0.15, 0.2) is 18.2 Å². The van der Waals surface area contributed by atoms with Crippen LogP contribution >= 0.6 is 11.6 Å². The van der Waals surface area contributed by atoms with Gasteiger partial charge in [-0.2, -0.15) is 0 Å². The number of aliphatic hydroxyl groups is 1. The summed E-state index contributed by atoms with van der Waals surface area (Å²) in [5, 5.41) is 10.3. The number of ketones is 1. The van der Waals surface area contributed by atoms with Gasteiger partial charge in [-0.05, 0) is 44.4 Å². The molecule has 2 rings (SSSR count). The van der Waals surface area contributed by atoms with Crippen LogP contribution < -0.4 is 4.74 Å². The number of carbonyl (C=O) groups excluding carboxylic acids is 1. The number of carbonyl (C=O) groups is 1. The lowest BCUT2D eigenvalue weighted by Crippen LogP contribution is -2.34. The number of aliphatic hydroxyl groups excluding tert-OH is 1. The van der Waals surface area contributed by atoms with Crippen molar-refractivity contribution < 1.29 is 14.6 Å². The Morgan fingerprint density at radius 1 is 1.39 bits per heavy atom. The Balaban J connectivity index is 2.11. The summed E-state index contributed by atoms with van der Waals surface area (Å²) in [5.74, 6) is 0.508. The highest BCUT2D eigenvalue weighted by Gasteiger charge is 2.25. The number of benzene rings is 1. The maximum atomic E-state index is 11.2. The summed E-state index contributed by atoms with van der Waals surface area (Å²) in [7, 11) is 0. The van der Waals surface area contributed by atoms with E-state index in [1.54, 1.807) is 18.2 Å². The predicted molar refractivity (Wildman–Crippen MR) is 70.3 cm³/mol. The molecule has 1 aromatic rings. The van der Waals surface area contributed by atoms with Gasteiger partial charge in [-0.15, -0.1) is 0 Å². The SMILES string of the molecule is CC(=O)c1ccc(O[C@@H]2CCCC[C@@H]2O)c(Cl)c1. The van der Waals surface area contributed by atoms with E-state index in [1.165, 1.54) is 6.92 Å². The smallest absolute Gasteiger partial charge is 0.159 e. The Bertz CT molecular complexity index is 445. The molecule has 2 atom stereocenters. The first-order valence-corrected chi connectivity index (χ1v) is 6.61. The number of rotatable bonds is 3. The van der Waals surface area contributed by atoms with Gasteiger partial charge in [-0.25, -0.2) is 0 Å². The minimum atomic E-state index is -0.428. The second-order valence-corrected chi connectivity index (χ2v) is 5.12. The quantitative estimate of drug-likeness (QED) is 0.856. The van der Waals surface area contributed by atoms with Gasteiger partial charge in [-0.3, -0.25) is 4.79 Å². The van der Waals surface area contributed by atoms with Crippen LogP contribution in [0.5, 0.6) is 5.75 Å². The van der Waals surface area contributed by atoms with Crippen molar-refractivity contribution in [3.63, 3.8) is 0 Å². The second kappa shape index (κ2) is 5.72. The van der Waals surface area contributed by atoms with E-state index in [9.17, 15) is 9.90 Å². The Kier molecular flexibility index (Phi) is 4.25. The summed E-state index contributed by atoms with van der Waals surface area (Å²) in [6.45, 7) is 1.50. The summed E-state index contributed by atoms with van der Waals surface area (Å²) in [5.41, 5.74) is 0.566. The first-order valence-electron chi connectivity index (χ1n) is 6.23. The summed E-state index contributed by atoms with van der Waals surface area (Å²) in [6.07, 6.45) is 3.09. The van der Waals surface area contributed by atoms with E-state index >= 15 is 0 Å². The van der Waals surface area contributed by atoms with Crippen molar-refractivity contribution in [1.29, 1.82) is 0 Å². The van der Waals surface area contributed by atoms with Crippen molar-refractivity contribution in [2.24, 2.45) is 0 Å². The molecule has 1 fully saturated rings. The normalized spacial score (nSPS) is 23.7. The van der Waals surface area contributed by atoms with Crippen LogP contribution in [-0.4, -0.2) is 23.1 Å². The highest BCUT2D eigenvalue weighted by molar-refractivity contribution is 6.32. The molecule has 0 unspecified atom stereocenters. The Morgan fingerprint density at radius 2 is 2.11 bits per heavy atom. The number of ether oxygens (including phenoxy) is 1. The minimum absolute atomic E-state index is 0.0267. The average molecular weight is 269 g/mol. The zero-order valence-electron chi connectivity index (χ0n) is 10.4. The van der Waals surface area contributed by atoms with Crippen LogP contribution in [0.3, 0.4) is 0 Å². The fourth-order valence-corrected chi connectivity index (χ4v) is 2.42. The highest BCUT2D eigenvalue weighted by atomic mass is 35.5. The van der Waals surface area contributed by atoms with E-state index in [-0.39, 0.29) is 11.9 Å². The molecule has 4 heteroatoms. The molecule has 3 nitrogen and oxygen atoms in total. The van der Waals surface area contributed by atoms with Crippen LogP contribution in [0, 0.1) is 0 Å². The molecule has 0 bridgehead atoms. The van der Waals surface area contributed by atoms with E-state index in [1.807, 2.05) is 0 Å². The van der Waals surface area contributed by atoms with Gasteiger partial charge in [0.15, 0.2) is 5.78 Å². The Hall–Kier alpha value is -1.06. The van der Waals surface area contributed by atoms with Gasteiger partial charge in [0.25, 0.3) is 0 Å². The van der Waals surface area contributed by atoms with Crippen LogP contribution in [-0.2, 0) is 0 Å². The highest BCUT2D eigenvalue weighted by Crippen LogP contribution is 2.30. The lowest BCUT2D eigenvalue weighted by molar-refractivity contribution is 0.00692. The maximum Gasteiger partial charge on any atom is 0.159 e. The third-order valence-corrected chi connectivity index (χ3v) is 3.58. The molecule has 18 heavy (non-hydrogen) atoms.